The first kappa shape index (κ1) is 38.4. The van der Waals surface area contributed by atoms with Crippen LogP contribution in [-0.4, -0.2) is 29.9 Å². The highest BCUT2D eigenvalue weighted by molar-refractivity contribution is 6.15. The van der Waals surface area contributed by atoms with Gasteiger partial charge in [-0.2, -0.15) is 0 Å². The van der Waals surface area contributed by atoms with Crippen molar-refractivity contribution in [3.05, 3.63) is 217 Å². The van der Waals surface area contributed by atoms with E-state index in [1.165, 1.54) is 21.5 Å². The smallest absolute Gasteiger partial charge is 0.164 e. The van der Waals surface area contributed by atoms with Crippen molar-refractivity contribution in [1.29, 1.82) is 0 Å². The summed E-state index contributed by atoms with van der Waals surface area (Å²) in [6.45, 7) is 4.18. The first-order valence-corrected chi connectivity index (χ1v) is 21.5. The van der Waals surface area contributed by atoms with E-state index in [0.717, 1.165) is 66.8 Å². The van der Waals surface area contributed by atoms with Crippen molar-refractivity contribution in [1.82, 2.24) is 29.9 Å². The first-order chi connectivity index (χ1) is 31.5. The normalized spacial score (nSPS) is 11.3. The molecule has 0 radical (unpaired) electrons. The lowest BCUT2D eigenvalue weighted by Gasteiger charge is -2.14. The fourth-order valence-corrected chi connectivity index (χ4v) is 8.61. The molecule has 302 valence electrons. The predicted molar refractivity (Wildman–Crippen MR) is 261 cm³/mol. The number of aryl methyl sites for hydroxylation is 2. The minimum Gasteiger partial charge on any atom is -0.208 e. The standard InChI is InChI=1S/C58H40N6/c1-37-17-9-11-27-45(37)57-61-53(39-19-5-3-6-20-39)59-55(63-57)43-25-13-23-41(35-43)47-29-15-31-49-50-32-16-30-48(52(50)34-33-51(47)49)42-24-14-26-44(36-42)56-60-54(40-21-7-4-8-22-40)62-58(64-56)46-28-12-10-18-38(46)2/h3-36H,1-2H3. The molecule has 0 atom stereocenters. The summed E-state index contributed by atoms with van der Waals surface area (Å²) >= 11 is 0. The molecule has 0 bridgehead atoms. The molecule has 2 aromatic heterocycles. The van der Waals surface area contributed by atoms with Crippen LogP contribution in [0.5, 0.6) is 0 Å². The maximum absolute atomic E-state index is 5.07. The second-order valence-corrected chi connectivity index (χ2v) is 16.0. The van der Waals surface area contributed by atoms with Gasteiger partial charge in [0.1, 0.15) is 0 Å². The van der Waals surface area contributed by atoms with Crippen molar-refractivity contribution in [2.24, 2.45) is 0 Å². The molecule has 0 saturated carbocycles. The summed E-state index contributed by atoms with van der Waals surface area (Å²) in [6.07, 6.45) is 0. The van der Waals surface area contributed by atoms with E-state index in [0.29, 0.717) is 34.9 Å². The fourth-order valence-electron chi connectivity index (χ4n) is 8.61. The molecule has 9 aromatic carbocycles. The fraction of sp³-hybridized carbons (Fsp3) is 0.0345. The van der Waals surface area contributed by atoms with Gasteiger partial charge >= 0.3 is 0 Å². The molecule has 0 spiro atoms. The lowest BCUT2D eigenvalue weighted by Crippen LogP contribution is -2.01. The van der Waals surface area contributed by atoms with Crippen molar-refractivity contribution in [2.75, 3.05) is 0 Å². The molecule has 6 nitrogen and oxygen atoms in total. The zero-order valence-electron chi connectivity index (χ0n) is 35.3. The summed E-state index contributed by atoms with van der Waals surface area (Å²) < 4.78 is 0. The van der Waals surface area contributed by atoms with E-state index in [9.17, 15) is 0 Å². The quantitative estimate of drug-likeness (QED) is 0.142. The molecule has 0 N–H and O–H groups in total. The lowest BCUT2D eigenvalue weighted by atomic mass is 9.91. The van der Waals surface area contributed by atoms with Crippen LogP contribution in [0, 0.1) is 13.8 Å². The van der Waals surface area contributed by atoms with Crippen LogP contribution in [0.25, 0.3) is 112 Å². The lowest BCUT2D eigenvalue weighted by molar-refractivity contribution is 1.07. The molecule has 11 aromatic rings. The minimum absolute atomic E-state index is 0.631. The van der Waals surface area contributed by atoms with Crippen molar-refractivity contribution >= 4 is 21.5 Å². The number of nitrogens with zero attached hydrogens (tertiary/aromatic N) is 6. The van der Waals surface area contributed by atoms with Crippen molar-refractivity contribution in [2.45, 2.75) is 13.8 Å². The van der Waals surface area contributed by atoms with Gasteiger partial charge in [0.05, 0.1) is 0 Å². The van der Waals surface area contributed by atoms with Gasteiger partial charge in [-0.15, -0.1) is 0 Å². The number of fused-ring (bicyclic) bond motifs is 3. The Hall–Kier alpha value is -8.48. The summed E-state index contributed by atoms with van der Waals surface area (Å²) in [4.78, 5) is 30.1. The van der Waals surface area contributed by atoms with E-state index in [2.05, 4.69) is 135 Å². The van der Waals surface area contributed by atoms with Gasteiger partial charge in [-0.25, -0.2) is 29.9 Å². The second-order valence-electron chi connectivity index (χ2n) is 16.0. The van der Waals surface area contributed by atoms with Crippen molar-refractivity contribution < 1.29 is 0 Å². The van der Waals surface area contributed by atoms with Crippen LogP contribution >= 0.6 is 0 Å². The molecule has 0 aliphatic heterocycles. The summed E-state index contributed by atoms with van der Waals surface area (Å²) in [6, 6.07) is 71.4. The van der Waals surface area contributed by atoms with Gasteiger partial charge in [0.2, 0.25) is 0 Å². The average Bonchev–Trinajstić information content (AvgIpc) is 3.36. The van der Waals surface area contributed by atoms with Crippen molar-refractivity contribution in [3.63, 3.8) is 0 Å². The Morgan fingerprint density at radius 1 is 0.219 bits per heavy atom. The average molecular weight is 821 g/mol. The Kier molecular flexibility index (Phi) is 9.86. The molecular formula is C58H40N6. The van der Waals surface area contributed by atoms with Crippen molar-refractivity contribution in [3.8, 4) is 90.6 Å². The molecule has 0 unspecified atom stereocenters. The maximum atomic E-state index is 5.07. The second kappa shape index (κ2) is 16.4. The van der Waals surface area contributed by atoms with E-state index in [-0.39, 0.29) is 0 Å². The molecule has 0 amide bonds. The molecule has 0 fully saturated rings. The molecule has 0 aliphatic carbocycles. The summed E-state index contributed by atoms with van der Waals surface area (Å²) in [5.41, 5.74) is 12.4. The predicted octanol–water partition coefficient (Wildman–Crippen LogP) is 14.3. The molecule has 6 heteroatoms. The van der Waals surface area contributed by atoms with Gasteiger partial charge in [-0.3, -0.25) is 0 Å². The molecule has 0 aliphatic rings. The van der Waals surface area contributed by atoms with Crippen LogP contribution in [0.1, 0.15) is 11.1 Å². The van der Waals surface area contributed by atoms with Crippen LogP contribution in [0.15, 0.2) is 206 Å². The van der Waals surface area contributed by atoms with E-state index in [4.69, 9.17) is 29.9 Å². The summed E-state index contributed by atoms with van der Waals surface area (Å²) in [5.74, 6) is 3.86. The minimum atomic E-state index is 0.631. The Bertz CT molecular complexity index is 3290. The zero-order valence-corrected chi connectivity index (χ0v) is 35.3. The first-order valence-electron chi connectivity index (χ1n) is 21.5. The third-order valence-corrected chi connectivity index (χ3v) is 11.9. The Morgan fingerprint density at radius 2 is 0.531 bits per heavy atom. The van der Waals surface area contributed by atoms with Crippen LogP contribution in [-0.2, 0) is 0 Å². The third-order valence-electron chi connectivity index (χ3n) is 11.9. The highest BCUT2D eigenvalue weighted by atomic mass is 15.0. The maximum Gasteiger partial charge on any atom is 0.164 e. The van der Waals surface area contributed by atoms with E-state index in [1.807, 2.05) is 84.9 Å². The van der Waals surface area contributed by atoms with Gasteiger partial charge < -0.3 is 0 Å². The molecule has 2 heterocycles. The molecule has 0 saturated heterocycles. The Balaban J connectivity index is 0.992. The van der Waals surface area contributed by atoms with Gasteiger partial charge in [-0.05, 0) is 80.9 Å². The number of benzene rings is 9. The Labute approximate surface area is 371 Å². The van der Waals surface area contributed by atoms with Gasteiger partial charge in [0.25, 0.3) is 0 Å². The highest BCUT2D eigenvalue weighted by Crippen LogP contribution is 2.39. The van der Waals surface area contributed by atoms with Crippen LogP contribution in [0.3, 0.4) is 0 Å². The van der Waals surface area contributed by atoms with Gasteiger partial charge in [0, 0.05) is 33.4 Å². The zero-order chi connectivity index (χ0) is 43.0. The van der Waals surface area contributed by atoms with E-state index >= 15 is 0 Å². The topological polar surface area (TPSA) is 77.3 Å². The number of aromatic nitrogens is 6. The summed E-state index contributed by atoms with van der Waals surface area (Å²) in [7, 11) is 0. The Morgan fingerprint density at radius 3 is 0.953 bits per heavy atom. The third kappa shape index (κ3) is 7.27. The monoisotopic (exact) mass is 820 g/mol. The molecule has 11 rings (SSSR count). The molecule has 64 heavy (non-hydrogen) atoms. The van der Waals surface area contributed by atoms with E-state index in [1.54, 1.807) is 0 Å². The van der Waals surface area contributed by atoms with Gasteiger partial charge in [0.15, 0.2) is 34.9 Å². The highest BCUT2D eigenvalue weighted by Gasteiger charge is 2.17. The van der Waals surface area contributed by atoms with E-state index < -0.39 is 0 Å². The van der Waals surface area contributed by atoms with Crippen LogP contribution < -0.4 is 0 Å². The number of rotatable bonds is 8. The molecular weight excluding hydrogens is 781 g/mol. The van der Waals surface area contributed by atoms with Crippen LogP contribution in [0.4, 0.5) is 0 Å². The number of hydrogen-bond acceptors (Lipinski definition) is 6. The summed E-state index contributed by atoms with van der Waals surface area (Å²) in [5, 5.41) is 4.70. The SMILES string of the molecule is Cc1ccccc1-c1nc(-c2ccccc2)nc(-c2cccc(-c3cccc4c3ccc3c(-c5cccc(-c6nc(-c7ccccc7)nc(-c7ccccc7C)n6)c5)cccc34)c2)n1. The number of hydrogen-bond donors (Lipinski definition) is 0. The van der Waals surface area contributed by atoms with Gasteiger partial charge in [-0.1, -0.05) is 194 Å². The largest absolute Gasteiger partial charge is 0.208 e. The van der Waals surface area contributed by atoms with Crippen LogP contribution in [0.2, 0.25) is 0 Å².